The highest BCUT2D eigenvalue weighted by Crippen LogP contribution is 2.37. The van der Waals surface area contributed by atoms with Crippen molar-refractivity contribution in [2.75, 3.05) is 26.9 Å². The number of thiophene rings is 1. The Hall–Kier alpha value is -3.16. The van der Waals surface area contributed by atoms with Gasteiger partial charge >= 0.3 is 11.9 Å². The van der Waals surface area contributed by atoms with E-state index in [0.29, 0.717) is 38.6 Å². The lowest BCUT2D eigenvalue weighted by atomic mass is 10.0. The molecule has 0 radical (unpaired) electrons. The van der Waals surface area contributed by atoms with Crippen LogP contribution in [0.15, 0.2) is 22.2 Å². The molecule has 0 aliphatic carbocycles. The van der Waals surface area contributed by atoms with Crippen LogP contribution in [-0.4, -0.2) is 44.7 Å². The maximum atomic E-state index is 13.1. The predicted molar refractivity (Wildman–Crippen MR) is 135 cm³/mol. The van der Waals surface area contributed by atoms with Gasteiger partial charge in [-0.1, -0.05) is 0 Å². The fourth-order valence-corrected chi connectivity index (χ4v) is 5.01. The Kier molecular flexibility index (Phi) is 10.5. The van der Waals surface area contributed by atoms with Gasteiger partial charge in [-0.15, -0.1) is 11.3 Å². The largest absolute Gasteiger partial charge is 0.493 e. The third-order valence-corrected chi connectivity index (χ3v) is 6.61. The van der Waals surface area contributed by atoms with Crippen LogP contribution >= 0.6 is 27.3 Å². The average molecular weight is 564 g/mol. The number of hydrogen-bond donors (Lipinski definition) is 0. The molecule has 0 spiro atoms. The number of nitrogens with zero attached hydrogens (tertiary/aromatic N) is 1. The van der Waals surface area contributed by atoms with Gasteiger partial charge in [-0.3, -0.25) is 4.79 Å². The SMILES string of the molecule is CCOC(=O)c1sc(CC(=O)/C(C#N)=C/c2cc(Br)c(OCC)c(OC)c2)c(C(=O)OCC)c1C. The Labute approximate surface area is 216 Å². The zero-order valence-electron chi connectivity index (χ0n) is 20.2. The Morgan fingerprint density at radius 3 is 2.31 bits per heavy atom. The molecule has 0 atom stereocenters. The van der Waals surface area contributed by atoms with Crippen LogP contribution in [0.3, 0.4) is 0 Å². The molecule has 2 rings (SSSR count). The van der Waals surface area contributed by atoms with Gasteiger partial charge in [-0.25, -0.2) is 9.59 Å². The van der Waals surface area contributed by atoms with Crippen LogP contribution in [0.1, 0.15) is 56.8 Å². The lowest BCUT2D eigenvalue weighted by Gasteiger charge is -2.12. The summed E-state index contributed by atoms with van der Waals surface area (Å²) in [5, 5.41) is 9.68. The molecule has 0 saturated heterocycles. The van der Waals surface area contributed by atoms with Crippen LogP contribution < -0.4 is 9.47 Å². The van der Waals surface area contributed by atoms with E-state index in [0.717, 1.165) is 11.3 Å². The summed E-state index contributed by atoms with van der Waals surface area (Å²) in [4.78, 5) is 38.6. The number of benzene rings is 1. The van der Waals surface area contributed by atoms with E-state index in [1.54, 1.807) is 32.9 Å². The second kappa shape index (κ2) is 13.1. The normalized spacial score (nSPS) is 10.9. The van der Waals surface area contributed by atoms with Gasteiger partial charge in [0.2, 0.25) is 0 Å². The summed E-state index contributed by atoms with van der Waals surface area (Å²) in [5.74, 6) is -0.783. The molecule has 0 saturated carbocycles. The highest BCUT2D eigenvalue weighted by molar-refractivity contribution is 9.10. The summed E-state index contributed by atoms with van der Waals surface area (Å²) in [6.07, 6.45) is 1.18. The number of nitriles is 1. The number of ether oxygens (including phenoxy) is 4. The van der Waals surface area contributed by atoms with E-state index in [9.17, 15) is 19.6 Å². The van der Waals surface area contributed by atoms with Crippen molar-refractivity contribution in [3.05, 3.63) is 48.6 Å². The maximum Gasteiger partial charge on any atom is 0.348 e. The summed E-state index contributed by atoms with van der Waals surface area (Å²) >= 11 is 4.41. The zero-order chi connectivity index (χ0) is 26.1. The number of rotatable bonds is 11. The van der Waals surface area contributed by atoms with E-state index in [4.69, 9.17) is 18.9 Å². The van der Waals surface area contributed by atoms with Crippen molar-refractivity contribution in [1.82, 2.24) is 0 Å². The van der Waals surface area contributed by atoms with Gasteiger partial charge in [-0.2, -0.15) is 5.26 Å². The quantitative estimate of drug-likeness (QED) is 0.205. The van der Waals surface area contributed by atoms with Gasteiger partial charge in [0.1, 0.15) is 10.9 Å². The van der Waals surface area contributed by atoms with Crippen LogP contribution in [-0.2, 0) is 20.7 Å². The lowest BCUT2D eigenvalue weighted by molar-refractivity contribution is -0.114. The molecule has 0 amide bonds. The number of Topliss-reactive ketones (excluding diaryl/α,β-unsaturated/α-hetero) is 1. The maximum absolute atomic E-state index is 13.1. The van der Waals surface area contributed by atoms with E-state index in [-0.39, 0.29) is 35.6 Å². The van der Waals surface area contributed by atoms with Crippen LogP contribution in [0, 0.1) is 18.3 Å². The monoisotopic (exact) mass is 563 g/mol. The molecule has 35 heavy (non-hydrogen) atoms. The first kappa shape index (κ1) is 28.1. The topological polar surface area (TPSA) is 112 Å². The number of halogens is 1. The molecule has 186 valence electrons. The van der Waals surface area contributed by atoms with Crippen molar-refractivity contribution in [1.29, 1.82) is 5.26 Å². The number of methoxy groups -OCH3 is 1. The second-order valence-electron chi connectivity index (χ2n) is 7.03. The van der Waals surface area contributed by atoms with E-state index in [1.807, 2.05) is 13.0 Å². The van der Waals surface area contributed by atoms with Crippen molar-refractivity contribution in [2.45, 2.75) is 34.1 Å². The molecule has 0 unspecified atom stereocenters. The van der Waals surface area contributed by atoms with Crippen LogP contribution in [0.25, 0.3) is 6.08 Å². The molecule has 0 aliphatic heterocycles. The molecule has 0 aliphatic rings. The zero-order valence-corrected chi connectivity index (χ0v) is 22.6. The molecule has 0 bridgehead atoms. The number of carbonyl (C=O) groups is 3. The predicted octanol–water partition coefficient (Wildman–Crippen LogP) is 5.30. The average Bonchev–Trinajstić information content (AvgIpc) is 3.14. The first-order chi connectivity index (χ1) is 16.7. The number of ketones is 1. The van der Waals surface area contributed by atoms with E-state index < -0.39 is 17.7 Å². The molecule has 1 aromatic carbocycles. The molecular weight excluding hydrogens is 538 g/mol. The number of allylic oxidation sites excluding steroid dienone is 1. The van der Waals surface area contributed by atoms with E-state index in [1.165, 1.54) is 13.2 Å². The van der Waals surface area contributed by atoms with Gasteiger partial charge in [0.05, 0.1) is 42.5 Å². The molecule has 10 heteroatoms. The van der Waals surface area contributed by atoms with Crippen molar-refractivity contribution in [3.63, 3.8) is 0 Å². The highest BCUT2D eigenvalue weighted by atomic mass is 79.9. The fourth-order valence-electron chi connectivity index (χ4n) is 3.25. The molecular formula is C25H26BrNO7S. The van der Waals surface area contributed by atoms with Gasteiger partial charge in [0.25, 0.3) is 0 Å². The number of hydrogen-bond acceptors (Lipinski definition) is 9. The molecule has 1 heterocycles. The van der Waals surface area contributed by atoms with Gasteiger partial charge in [0, 0.05) is 11.3 Å². The molecule has 8 nitrogen and oxygen atoms in total. The standard InChI is InChI=1S/C25H26BrNO7S/c1-6-32-22-17(26)10-15(11-19(22)31-5)9-16(13-27)18(28)12-20-21(24(29)33-7-2)14(4)23(35-20)25(30)34-8-3/h9-11H,6-8,12H2,1-5H3/b16-9+. The summed E-state index contributed by atoms with van der Waals surface area (Å²) in [6, 6.07) is 5.28. The Morgan fingerprint density at radius 1 is 1.09 bits per heavy atom. The van der Waals surface area contributed by atoms with E-state index in [2.05, 4.69) is 15.9 Å². The molecule has 0 N–H and O–H groups in total. The van der Waals surface area contributed by atoms with Crippen molar-refractivity contribution in [3.8, 4) is 17.6 Å². The third kappa shape index (κ3) is 6.71. The summed E-state index contributed by atoms with van der Waals surface area (Å²) < 4.78 is 21.7. The van der Waals surface area contributed by atoms with Crippen LogP contribution in [0.5, 0.6) is 11.5 Å². The van der Waals surface area contributed by atoms with Crippen molar-refractivity contribution < 1.29 is 33.3 Å². The Morgan fingerprint density at radius 2 is 1.74 bits per heavy atom. The molecule has 0 fully saturated rings. The van der Waals surface area contributed by atoms with E-state index >= 15 is 0 Å². The minimum atomic E-state index is -0.637. The summed E-state index contributed by atoms with van der Waals surface area (Å²) in [5.41, 5.74) is 0.956. The summed E-state index contributed by atoms with van der Waals surface area (Å²) in [7, 11) is 1.49. The Balaban J connectivity index is 2.47. The lowest BCUT2D eigenvalue weighted by Crippen LogP contribution is -2.12. The van der Waals surface area contributed by atoms with Crippen LogP contribution in [0.4, 0.5) is 0 Å². The van der Waals surface area contributed by atoms with Gasteiger partial charge in [0.15, 0.2) is 17.3 Å². The summed E-state index contributed by atoms with van der Waals surface area (Å²) in [6.45, 7) is 7.52. The fraction of sp³-hybridized carbons (Fsp3) is 0.360. The minimum Gasteiger partial charge on any atom is -0.493 e. The van der Waals surface area contributed by atoms with Gasteiger partial charge in [-0.05, 0) is 73.0 Å². The first-order valence-electron chi connectivity index (χ1n) is 10.8. The second-order valence-corrected chi connectivity index (χ2v) is 8.99. The van der Waals surface area contributed by atoms with Crippen molar-refractivity contribution >= 4 is 51.1 Å². The molecule has 1 aromatic heterocycles. The third-order valence-electron chi connectivity index (χ3n) is 4.75. The number of esters is 2. The Bertz CT molecular complexity index is 1190. The minimum absolute atomic E-state index is 0.123. The first-order valence-corrected chi connectivity index (χ1v) is 12.4. The van der Waals surface area contributed by atoms with Gasteiger partial charge < -0.3 is 18.9 Å². The van der Waals surface area contributed by atoms with Crippen LogP contribution in [0.2, 0.25) is 0 Å². The smallest absolute Gasteiger partial charge is 0.348 e. The highest BCUT2D eigenvalue weighted by Gasteiger charge is 2.28. The van der Waals surface area contributed by atoms with Crippen molar-refractivity contribution in [2.24, 2.45) is 0 Å². The number of carbonyl (C=O) groups excluding carboxylic acids is 3. The molecule has 2 aromatic rings.